The van der Waals surface area contributed by atoms with Crippen molar-refractivity contribution in [3.8, 4) is 0 Å². The number of carbonyl (C=O) groups is 2. The van der Waals surface area contributed by atoms with Gasteiger partial charge in [0.15, 0.2) is 0 Å². The number of urea groups is 1. The number of anilines is 1. The largest absolute Gasteiger partial charge is 0.338 e. The molecule has 1 aliphatic carbocycles. The molecular weight excluding hydrogens is 363 g/mol. The van der Waals surface area contributed by atoms with E-state index in [4.69, 9.17) is 0 Å². The molecule has 3 heterocycles. The Balaban J connectivity index is 1.24. The quantitative estimate of drug-likeness (QED) is 0.756. The summed E-state index contributed by atoms with van der Waals surface area (Å²) in [5, 5.41) is 11.5. The van der Waals surface area contributed by atoms with Crippen molar-refractivity contribution in [1.82, 2.24) is 25.8 Å². The number of H-pyrrole nitrogens is 1. The van der Waals surface area contributed by atoms with Crippen LogP contribution in [0.5, 0.6) is 0 Å². The second-order valence-electron chi connectivity index (χ2n) is 7.71. The predicted octanol–water partition coefficient (Wildman–Crippen LogP) is 2.09. The Hall–Kier alpha value is -2.94. The van der Waals surface area contributed by atoms with Crippen molar-refractivity contribution in [1.29, 1.82) is 0 Å². The lowest BCUT2D eigenvalue weighted by Gasteiger charge is -2.38. The van der Waals surface area contributed by atoms with E-state index >= 15 is 0 Å². The minimum atomic E-state index is -0.604. The van der Waals surface area contributed by atoms with Gasteiger partial charge in [-0.2, -0.15) is 5.10 Å². The van der Waals surface area contributed by atoms with E-state index in [1.165, 1.54) is 17.1 Å². The number of benzene rings is 1. The minimum absolute atomic E-state index is 0.0854. The number of likely N-dealkylation sites (tertiary alicyclic amines) is 1. The third-order valence-corrected chi connectivity index (χ3v) is 5.70. The first kappa shape index (κ1) is 17.2. The number of carbonyl (C=O) groups excluding carboxylic acids is 2. The van der Waals surface area contributed by atoms with E-state index in [1.807, 2.05) is 6.07 Å². The van der Waals surface area contributed by atoms with Crippen molar-refractivity contribution in [3.05, 3.63) is 47.5 Å². The monoisotopic (exact) mass is 384 g/mol. The number of aromatic nitrogens is 2. The highest BCUT2D eigenvalue weighted by Crippen LogP contribution is 2.39. The van der Waals surface area contributed by atoms with Crippen molar-refractivity contribution in [2.75, 3.05) is 18.1 Å². The molecule has 2 saturated heterocycles. The highest BCUT2D eigenvalue weighted by atomic mass is 19.1. The molecule has 3 N–H and O–H groups in total. The van der Waals surface area contributed by atoms with Gasteiger partial charge in [0.05, 0.1) is 5.69 Å². The van der Waals surface area contributed by atoms with Crippen LogP contribution in [0.25, 0.3) is 0 Å². The van der Waals surface area contributed by atoms with Crippen LogP contribution in [0.1, 0.15) is 47.8 Å². The highest BCUT2D eigenvalue weighted by Gasteiger charge is 2.45. The fraction of sp³-hybridized carbons (Fsp3) is 0.421. The highest BCUT2D eigenvalue weighted by molar-refractivity contribution is 5.94. The number of piperidine rings is 1. The molecule has 3 amide bonds. The molecule has 146 valence electrons. The van der Waals surface area contributed by atoms with E-state index < -0.39 is 5.66 Å². The van der Waals surface area contributed by atoms with Gasteiger partial charge in [-0.3, -0.25) is 9.89 Å². The first-order chi connectivity index (χ1) is 13.5. The molecule has 0 atom stereocenters. The first-order valence-corrected chi connectivity index (χ1v) is 9.53. The molecule has 8 nitrogen and oxygen atoms in total. The number of hydrogen-bond acceptors (Lipinski definition) is 4. The number of halogens is 1. The molecule has 0 radical (unpaired) electrons. The van der Waals surface area contributed by atoms with E-state index in [0.717, 1.165) is 18.5 Å². The Morgan fingerprint density at radius 2 is 1.89 bits per heavy atom. The number of hydrazine groups is 1. The minimum Gasteiger partial charge on any atom is -0.337 e. The van der Waals surface area contributed by atoms with Crippen molar-refractivity contribution < 1.29 is 14.0 Å². The van der Waals surface area contributed by atoms with E-state index in [2.05, 4.69) is 20.9 Å². The Kier molecular flexibility index (Phi) is 3.87. The molecule has 3 fully saturated rings. The lowest BCUT2D eigenvalue weighted by molar-refractivity contribution is 0.0635. The summed E-state index contributed by atoms with van der Waals surface area (Å²) in [6.07, 6.45) is 3.44. The molecule has 1 aromatic heterocycles. The molecule has 1 saturated carbocycles. The van der Waals surface area contributed by atoms with Crippen LogP contribution >= 0.6 is 0 Å². The smallest absolute Gasteiger partial charge is 0.337 e. The molecule has 0 unspecified atom stereocenters. The van der Waals surface area contributed by atoms with Gasteiger partial charge in [0, 0.05) is 37.5 Å². The van der Waals surface area contributed by atoms with Crippen LogP contribution in [-0.4, -0.2) is 45.8 Å². The number of aromatic amines is 1. The van der Waals surface area contributed by atoms with Crippen LogP contribution in [0, 0.1) is 5.82 Å². The zero-order valence-electron chi connectivity index (χ0n) is 15.2. The van der Waals surface area contributed by atoms with Crippen LogP contribution in [0.15, 0.2) is 30.3 Å². The van der Waals surface area contributed by atoms with Gasteiger partial charge in [0.25, 0.3) is 5.91 Å². The summed E-state index contributed by atoms with van der Waals surface area (Å²) in [7, 11) is 0. The molecule has 1 spiro atoms. The fourth-order valence-corrected chi connectivity index (χ4v) is 3.87. The molecule has 28 heavy (non-hydrogen) atoms. The predicted molar refractivity (Wildman–Crippen MR) is 99.0 cm³/mol. The van der Waals surface area contributed by atoms with E-state index in [1.54, 1.807) is 17.0 Å². The summed E-state index contributed by atoms with van der Waals surface area (Å²) < 4.78 is 13.1. The average Bonchev–Trinajstić information content (AvgIpc) is 3.34. The molecular formula is C19H21FN6O2. The standard InChI is InChI=1S/C19H21FN6O2/c20-13-3-5-14(6-4-13)26-18(28)21-19(24-26)7-9-25(10-8-19)17(27)16-11-15(22-23-16)12-1-2-12/h3-6,11-12,24H,1-2,7-10H2,(H,21,28)(H,22,23). The van der Waals surface area contributed by atoms with Crippen molar-refractivity contribution in [2.24, 2.45) is 0 Å². The van der Waals surface area contributed by atoms with Crippen molar-refractivity contribution >= 4 is 17.6 Å². The molecule has 2 aromatic rings. The van der Waals surface area contributed by atoms with Gasteiger partial charge < -0.3 is 10.2 Å². The summed E-state index contributed by atoms with van der Waals surface area (Å²) in [6.45, 7) is 1.02. The van der Waals surface area contributed by atoms with Gasteiger partial charge in [0.1, 0.15) is 17.2 Å². The summed E-state index contributed by atoms with van der Waals surface area (Å²) >= 11 is 0. The van der Waals surface area contributed by atoms with E-state index in [-0.39, 0.29) is 17.8 Å². The van der Waals surface area contributed by atoms with Gasteiger partial charge in [-0.05, 0) is 43.2 Å². The van der Waals surface area contributed by atoms with Gasteiger partial charge in [0.2, 0.25) is 0 Å². The first-order valence-electron chi connectivity index (χ1n) is 9.53. The number of hydrogen-bond donors (Lipinski definition) is 3. The number of rotatable bonds is 3. The van der Waals surface area contributed by atoms with Gasteiger partial charge in [-0.15, -0.1) is 0 Å². The molecule has 5 rings (SSSR count). The second kappa shape index (κ2) is 6.30. The van der Waals surface area contributed by atoms with Crippen LogP contribution in [-0.2, 0) is 0 Å². The average molecular weight is 384 g/mol. The van der Waals surface area contributed by atoms with Gasteiger partial charge >= 0.3 is 6.03 Å². The topological polar surface area (TPSA) is 93.4 Å². The number of nitrogens with one attached hydrogen (secondary N) is 3. The lowest BCUT2D eigenvalue weighted by Crippen LogP contribution is -2.58. The third kappa shape index (κ3) is 3.01. The molecule has 0 bridgehead atoms. The van der Waals surface area contributed by atoms with Crippen LogP contribution in [0.3, 0.4) is 0 Å². The Morgan fingerprint density at radius 3 is 2.57 bits per heavy atom. The maximum Gasteiger partial charge on any atom is 0.338 e. The summed E-state index contributed by atoms with van der Waals surface area (Å²) in [5.74, 6) is 0.0832. The van der Waals surface area contributed by atoms with Crippen LogP contribution in [0.4, 0.5) is 14.9 Å². The van der Waals surface area contributed by atoms with Gasteiger partial charge in [-0.25, -0.2) is 19.6 Å². The van der Waals surface area contributed by atoms with Crippen molar-refractivity contribution in [2.45, 2.75) is 37.3 Å². The van der Waals surface area contributed by atoms with E-state index in [0.29, 0.717) is 43.2 Å². The summed E-state index contributed by atoms with van der Waals surface area (Å²) in [5.41, 5.74) is 4.66. The molecule has 9 heteroatoms. The second-order valence-corrected chi connectivity index (χ2v) is 7.71. The number of amides is 3. The molecule has 1 aromatic carbocycles. The normalized spacial score (nSPS) is 21.2. The summed E-state index contributed by atoms with van der Waals surface area (Å²) in [4.78, 5) is 26.9. The Morgan fingerprint density at radius 1 is 1.18 bits per heavy atom. The number of nitrogens with zero attached hydrogens (tertiary/aromatic N) is 3. The summed E-state index contributed by atoms with van der Waals surface area (Å²) in [6, 6.07) is 7.30. The SMILES string of the molecule is O=C(c1cc(C2CC2)[nH]n1)N1CCC2(CC1)NC(=O)N(c1ccc(F)cc1)N2. The zero-order valence-corrected chi connectivity index (χ0v) is 15.2. The lowest BCUT2D eigenvalue weighted by atomic mass is 9.98. The maximum absolute atomic E-state index is 13.1. The van der Waals surface area contributed by atoms with Crippen LogP contribution < -0.4 is 15.8 Å². The third-order valence-electron chi connectivity index (χ3n) is 5.70. The molecule has 2 aliphatic heterocycles. The fourth-order valence-electron chi connectivity index (χ4n) is 3.87. The molecule has 3 aliphatic rings. The van der Waals surface area contributed by atoms with E-state index in [9.17, 15) is 14.0 Å². The maximum atomic E-state index is 13.1. The van der Waals surface area contributed by atoms with Crippen LogP contribution in [0.2, 0.25) is 0 Å². The van der Waals surface area contributed by atoms with Crippen molar-refractivity contribution in [3.63, 3.8) is 0 Å². The zero-order chi connectivity index (χ0) is 19.3. The Bertz CT molecular complexity index is 915. The Labute approximate surface area is 161 Å². The van der Waals surface area contributed by atoms with Gasteiger partial charge in [-0.1, -0.05) is 0 Å².